The van der Waals surface area contributed by atoms with Gasteiger partial charge >= 0.3 is 0 Å². The summed E-state index contributed by atoms with van der Waals surface area (Å²) < 4.78 is 0. The lowest BCUT2D eigenvalue weighted by Gasteiger charge is -2.35. The first-order valence-corrected chi connectivity index (χ1v) is 8.44. The second kappa shape index (κ2) is 6.37. The molecular weight excluding hydrogens is 258 g/mol. The molecule has 2 aliphatic rings. The molecule has 1 fully saturated rings. The Labute approximate surface area is 130 Å². The molecule has 2 nitrogen and oxygen atoms in total. The van der Waals surface area contributed by atoms with Crippen LogP contribution in [0.15, 0.2) is 23.8 Å². The first kappa shape index (κ1) is 16.3. The Balaban J connectivity index is 1.95. The number of amides is 1. The van der Waals surface area contributed by atoms with Crippen LogP contribution in [0, 0.1) is 17.8 Å². The van der Waals surface area contributed by atoms with E-state index in [0.717, 1.165) is 19.4 Å². The second-order valence-corrected chi connectivity index (χ2v) is 7.90. The summed E-state index contributed by atoms with van der Waals surface area (Å²) in [5.74, 6) is 1.90. The Hall–Kier alpha value is -1.05. The van der Waals surface area contributed by atoms with E-state index in [9.17, 15) is 4.79 Å². The highest BCUT2D eigenvalue weighted by molar-refractivity contribution is 5.81. The third-order valence-electron chi connectivity index (χ3n) is 4.77. The maximum absolute atomic E-state index is 12.4. The largest absolute Gasteiger partial charge is 0.334 e. The molecule has 0 aromatic rings. The highest BCUT2D eigenvalue weighted by Crippen LogP contribution is 2.33. The van der Waals surface area contributed by atoms with Crippen LogP contribution in [0.4, 0.5) is 0 Å². The summed E-state index contributed by atoms with van der Waals surface area (Å²) >= 11 is 0. The van der Waals surface area contributed by atoms with Crippen molar-refractivity contribution in [3.8, 4) is 0 Å². The Bertz CT molecular complexity index is 437. The highest BCUT2D eigenvalue weighted by atomic mass is 16.2. The lowest BCUT2D eigenvalue weighted by molar-refractivity contribution is -0.136. The van der Waals surface area contributed by atoms with Crippen molar-refractivity contribution in [1.82, 2.24) is 4.90 Å². The summed E-state index contributed by atoms with van der Waals surface area (Å²) in [7, 11) is 0. The molecular formula is C19H31NO. The van der Waals surface area contributed by atoms with E-state index in [1.54, 1.807) is 0 Å². The Morgan fingerprint density at radius 2 is 2.00 bits per heavy atom. The SMILES string of the molecule is CC1=CC(C)C(/C=C\CN(C(=O)C2CC2)C(C)(C)C)CC1. The van der Waals surface area contributed by atoms with Gasteiger partial charge in [0.2, 0.25) is 5.91 Å². The molecule has 0 bridgehead atoms. The maximum Gasteiger partial charge on any atom is 0.226 e. The normalized spacial score (nSPS) is 26.8. The van der Waals surface area contributed by atoms with Crippen molar-refractivity contribution < 1.29 is 4.79 Å². The van der Waals surface area contributed by atoms with Crippen molar-refractivity contribution in [3.63, 3.8) is 0 Å². The molecule has 21 heavy (non-hydrogen) atoms. The second-order valence-electron chi connectivity index (χ2n) is 7.90. The van der Waals surface area contributed by atoms with Crippen LogP contribution in [-0.4, -0.2) is 22.9 Å². The van der Waals surface area contributed by atoms with Gasteiger partial charge in [0, 0.05) is 18.0 Å². The van der Waals surface area contributed by atoms with E-state index in [1.807, 2.05) is 0 Å². The molecule has 2 aliphatic carbocycles. The molecule has 2 rings (SSSR count). The average Bonchev–Trinajstić information content (AvgIpc) is 3.18. The van der Waals surface area contributed by atoms with Crippen LogP contribution in [0.1, 0.15) is 60.3 Å². The predicted octanol–water partition coefficient (Wildman–Crippen LogP) is 4.57. The molecule has 0 saturated heterocycles. The molecule has 0 radical (unpaired) electrons. The van der Waals surface area contributed by atoms with E-state index >= 15 is 0 Å². The molecule has 0 heterocycles. The van der Waals surface area contributed by atoms with E-state index in [4.69, 9.17) is 0 Å². The molecule has 2 heteroatoms. The Morgan fingerprint density at radius 3 is 2.52 bits per heavy atom. The van der Waals surface area contributed by atoms with E-state index in [1.165, 1.54) is 18.4 Å². The van der Waals surface area contributed by atoms with Gasteiger partial charge in [-0.15, -0.1) is 0 Å². The predicted molar refractivity (Wildman–Crippen MR) is 89.0 cm³/mol. The molecule has 0 aliphatic heterocycles. The zero-order chi connectivity index (χ0) is 15.6. The van der Waals surface area contributed by atoms with Crippen molar-refractivity contribution in [2.45, 2.75) is 65.8 Å². The van der Waals surface area contributed by atoms with Crippen LogP contribution in [0.3, 0.4) is 0 Å². The number of nitrogens with zero attached hydrogens (tertiary/aromatic N) is 1. The summed E-state index contributed by atoms with van der Waals surface area (Å²) in [6.07, 6.45) is 11.6. The highest BCUT2D eigenvalue weighted by Gasteiger charge is 2.37. The molecule has 0 N–H and O–H groups in total. The first-order chi connectivity index (χ1) is 9.79. The van der Waals surface area contributed by atoms with Crippen LogP contribution in [0.2, 0.25) is 0 Å². The number of allylic oxidation sites excluding steroid dienone is 3. The van der Waals surface area contributed by atoms with Crippen LogP contribution < -0.4 is 0 Å². The Morgan fingerprint density at radius 1 is 1.33 bits per heavy atom. The number of rotatable bonds is 4. The van der Waals surface area contributed by atoms with Gasteiger partial charge in [-0.3, -0.25) is 4.79 Å². The van der Waals surface area contributed by atoms with E-state index in [-0.39, 0.29) is 5.54 Å². The van der Waals surface area contributed by atoms with Gasteiger partial charge in [-0.05, 0) is 65.2 Å². The van der Waals surface area contributed by atoms with Crippen LogP contribution in [0.25, 0.3) is 0 Å². The van der Waals surface area contributed by atoms with Gasteiger partial charge in [-0.2, -0.15) is 0 Å². The third kappa shape index (κ3) is 4.46. The average molecular weight is 289 g/mol. The summed E-state index contributed by atoms with van der Waals surface area (Å²) in [6, 6.07) is 0. The molecule has 2 unspecified atom stereocenters. The molecule has 0 aromatic carbocycles. The van der Waals surface area contributed by atoms with Crippen LogP contribution in [0.5, 0.6) is 0 Å². The lowest BCUT2D eigenvalue weighted by Crippen LogP contribution is -2.46. The smallest absolute Gasteiger partial charge is 0.226 e. The lowest BCUT2D eigenvalue weighted by atomic mass is 9.82. The minimum atomic E-state index is -0.0846. The van der Waals surface area contributed by atoms with Crippen molar-refractivity contribution in [2.24, 2.45) is 17.8 Å². The summed E-state index contributed by atoms with van der Waals surface area (Å²) in [5, 5.41) is 0. The van der Waals surface area contributed by atoms with Gasteiger partial charge in [-0.1, -0.05) is 30.7 Å². The standard InChI is InChI=1S/C19H31NO/c1-14-8-9-16(15(2)13-14)7-6-12-20(19(3,4)5)18(21)17-10-11-17/h6-7,13,15-17H,8-12H2,1-5H3/b7-6-. The van der Waals surface area contributed by atoms with Crippen LogP contribution in [-0.2, 0) is 4.79 Å². The van der Waals surface area contributed by atoms with Gasteiger partial charge in [0.25, 0.3) is 0 Å². The van der Waals surface area contributed by atoms with Gasteiger partial charge in [-0.25, -0.2) is 0 Å². The van der Waals surface area contributed by atoms with E-state index in [0.29, 0.717) is 23.7 Å². The summed E-state index contributed by atoms with van der Waals surface area (Å²) in [6.45, 7) is 11.7. The molecule has 1 saturated carbocycles. The summed E-state index contributed by atoms with van der Waals surface area (Å²) in [4.78, 5) is 14.5. The van der Waals surface area contributed by atoms with Crippen molar-refractivity contribution in [2.75, 3.05) is 6.54 Å². The zero-order valence-corrected chi connectivity index (χ0v) is 14.4. The fourth-order valence-electron chi connectivity index (χ4n) is 3.17. The number of hydrogen-bond donors (Lipinski definition) is 0. The summed E-state index contributed by atoms with van der Waals surface area (Å²) in [5.41, 5.74) is 1.44. The Kier molecular flexibility index (Phi) is 4.95. The number of carbonyl (C=O) groups is 1. The fraction of sp³-hybridized carbons (Fsp3) is 0.737. The molecule has 1 amide bonds. The third-order valence-corrected chi connectivity index (χ3v) is 4.77. The molecule has 0 aromatic heterocycles. The van der Waals surface area contributed by atoms with Crippen molar-refractivity contribution in [1.29, 1.82) is 0 Å². The first-order valence-electron chi connectivity index (χ1n) is 8.44. The van der Waals surface area contributed by atoms with Gasteiger partial charge in [0.15, 0.2) is 0 Å². The van der Waals surface area contributed by atoms with E-state index in [2.05, 4.69) is 57.7 Å². The number of hydrogen-bond acceptors (Lipinski definition) is 1. The van der Waals surface area contributed by atoms with Crippen LogP contribution >= 0.6 is 0 Å². The molecule has 118 valence electrons. The number of carbonyl (C=O) groups excluding carboxylic acids is 1. The zero-order valence-electron chi connectivity index (χ0n) is 14.4. The fourth-order valence-corrected chi connectivity index (χ4v) is 3.17. The van der Waals surface area contributed by atoms with Crippen molar-refractivity contribution in [3.05, 3.63) is 23.8 Å². The van der Waals surface area contributed by atoms with Crippen molar-refractivity contribution >= 4 is 5.91 Å². The monoisotopic (exact) mass is 289 g/mol. The molecule has 2 atom stereocenters. The minimum Gasteiger partial charge on any atom is -0.334 e. The minimum absolute atomic E-state index is 0.0846. The topological polar surface area (TPSA) is 20.3 Å². The van der Waals surface area contributed by atoms with E-state index < -0.39 is 0 Å². The van der Waals surface area contributed by atoms with Gasteiger partial charge < -0.3 is 4.90 Å². The van der Waals surface area contributed by atoms with Gasteiger partial charge in [0.1, 0.15) is 0 Å². The maximum atomic E-state index is 12.4. The molecule has 0 spiro atoms. The van der Waals surface area contributed by atoms with Gasteiger partial charge in [0.05, 0.1) is 0 Å². The quantitative estimate of drug-likeness (QED) is 0.694.